The van der Waals surface area contributed by atoms with Gasteiger partial charge in [0.15, 0.2) is 0 Å². The van der Waals surface area contributed by atoms with E-state index in [0.717, 1.165) is 32.7 Å². The fourth-order valence-electron chi connectivity index (χ4n) is 2.99. The van der Waals surface area contributed by atoms with Crippen molar-refractivity contribution in [3.8, 4) is 0 Å². The maximum Gasteiger partial charge on any atom is 0.0367 e. The van der Waals surface area contributed by atoms with Crippen LogP contribution in [0.4, 0.5) is 5.69 Å². The zero-order chi connectivity index (χ0) is 15.4. The number of hydrogen-bond donors (Lipinski definition) is 1. The number of benzene rings is 2. The highest BCUT2D eigenvalue weighted by molar-refractivity contribution is 5.48. The summed E-state index contributed by atoms with van der Waals surface area (Å²) in [7, 11) is 0. The Balaban J connectivity index is 1.55. The van der Waals surface area contributed by atoms with Gasteiger partial charge in [0.2, 0.25) is 0 Å². The van der Waals surface area contributed by atoms with E-state index in [4.69, 9.17) is 5.73 Å². The van der Waals surface area contributed by atoms with Crippen LogP contribution >= 0.6 is 0 Å². The molecule has 1 fully saturated rings. The van der Waals surface area contributed by atoms with E-state index >= 15 is 0 Å². The lowest BCUT2D eigenvalue weighted by atomic mass is 10.1. The van der Waals surface area contributed by atoms with Crippen LogP contribution in [0, 0.1) is 0 Å². The Morgan fingerprint density at radius 1 is 0.909 bits per heavy atom. The van der Waals surface area contributed by atoms with Crippen LogP contribution in [0.15, 0.2) is 54.6 Å². The highest BCUT2D eigenvalue weighted by atomic mass is 15.3. The van der Waals surface area contributed by atoms with Crippen LogP contribution in [0.2, 0.25) is 0 Å². The second-order valence-corrected chi connectivity index (χ2v) is 6.13. The van der Waals surface area contributed by atoms with Gasteiger partial charge in [-0.25, -0.2) is 0 Å². The Morgan fingerprint density at radius 2 is 1.55 bits per heavy atom. The molecule has 1 aliphatic rings. The summed E-state index contributed by atoms with van der Waals surface area (Å²) in [5.74, 6) is 0. The van der Waals surface area contributed by atoms with Crippen molar-refractivity contribution in [3.63, 3.8) is 0 Å². The average Bonchev–Trinajstić information content (AvgIpc) is 2.57. The SMILES string of the molecule is C[C@@H](N)c1ccc(N2CCN(Cc3ccccc3)CC2)cc1. The smallest absolute Gasteiger partial charge is 0.0367 e. The molecule has 0 radical (unpaired) electrons. The summed E-state index contributed by atoms with van der Waals surface area (Å²) >= 11 is 0. The summed E-state index contributed by atoms with van der Waals surface area (Å²) in [6.07, 6.45) is 0. The van der Waals surface area contributed by atoms with Gasteiger partial charge in [-0.2, -0.15) is 0 Å². The summed E-state index contributed by atoms with van der Waals surface area (Å²) in [5, 5.41) is 0. The van der Waals surface area contributed by atoms with Crippen molar-refractivity contribution in [1.29, 1.82) is 0 Å². The fraction of sp³-hybridized carbons (Fsp3) is 0.368. The molecular weight excluding hydrogens is 270 g/mol. The van der Waals surface area contributed by atoms with Crippen molar-refractivity contribution >= 4 is 5.69 Å². The topological polar surface area (TPSA) is 32.5 Å². The van der Waals surface area contributed by atoms with Crippen LogP contribution in [-0.4, -0.2) is 31.1 Å². The molecule has 1 heterocycles. The van der Waals surface area contributed by atoms with Crippen LogP contribution in [-0.2, 0) is 6.54 Å². The lowest BCUT2D eigenvalue weighted by molar-refractivity contribution is 0.250. The molecule has 2 N–H and O–H groups in total. The Morgan fingerprint density at radius 3 is 2.14 bits per heavy atom. The zero-order valence-corrected chi connectivity index (χ0v) is 13.3. The molecule has 0 amide bonds. The summed E-state index contributed by atoms with van der Waals surface area (Å²) in [6.45, 7) is 7.48. The summed E-state index contributed by atoms with van der Waals surface area (Å²) in [4.78, 5) is 4.99. The number of nitrogens with two attached hydrogens (primary N) is 1. The predicted octanol–water partition coefficient (Wildman–Crippen LogP) is 3.03. The van der Waals surface area contributed by atoms with E-state index in [1.807, 2.05) is 6.92 Å². The molecule has 1 aliphatic heterocycles. The van der Waals surface area contributed by atoms with Crippen LogP contribution in [0.5, 0.6) is 0 Å². The largest absolute Gasteiger partial charge is 0.369 e. The lowest BCUT2D eigenvalue weighted by Gasteiger charge is -2.36. The van der Waals surface area contributed by atoms with E-state index in [0.29, 0.717) is 0 Å². The van der Waals surface area contributed by atoms with Gasteiger partial charge in [0.1, 0.15) is 0 Å². The lowest BCUT2D eigenvalue weighted by Crippen LogP contribution is -2.45. The minimum absolute atomic E-state index is 0.108. The average molecular weight is 295 g/mol. The number of rotatable bonds is 4. The van der Waals surface area contributed by atoms with E-state index in [1.54, 1.807) is 0 Å². The van der Waals surface area contributed by atoms with Gasteiger partial charge in [-0.05, 0) is 30.2 Å². The molecule has 0 unspecified atom stereocenters. The van der Waals surface area contributed by atoms with Gasteiger partial charge in [0.05, 0.1) is 0 Å². The zero-order valence-electron chi connectivity index (χ0n) is 13.3. The van der Waals surface area contributed by atoms with Crippen molar-refractivity contribution in [2.24, 2.45) is 5.73 Å². The summed E-state index contributed by atoms with van der Waals surface area (Å²) in [5.41, 5.74) is 9.82. The van der Waals surface area contributed by atoms with Crippen LogP contribution in [0.25, 0.3) is 0 Å². The van der Waals surface area contributed by atoms with Gasteiger partial charge in [-0.15, -0.1) is 0 Å². The second kappa shape index (κ2) is 6.95. The van der Waals surface area contributed by atoms with Crippen molar-refractivity contribution < 1.29 is 0 Å². The maximum atomic E-state index is 5.91. The minimum atomic E-state index is 0.108. The quantitative estimate of drug-likeness (QED) is 0.941. The van der Waals surface area contributed by atoms with Crippen LogP contribution in [0.3, 0.4) is 0 Å². The Hall–Kier alpha value is -1.84. The Labute approximate surface area is 133 Å². The highest BCUT2D eigenvalue weighted by Crippen LogP contribution is 2.20. The molecule has 116 valence electrons. The first-order chi connectivity index (χ1) is 10.7. The van der Waals surface area contributed by atoms with Gasteiger partial charge >= 0.3 is 0 Å². The molecule has 0 spiro atoms. The summed E-state index contributed by atoms with van der Waals surface area (Å²) < 4.78 is 0. The first-order valence-corrected chi connectivity index (χ1v) is 8.09. The molecule has 0 aromatic heterocycles. The standard InChI is InChI=1S/C19H25N3/c1-16(20)18-7-9-19(10-8-18)22-13-11-21(12-14-22)15-17-5-3-2-4-6-17/h2-10,16H,11-15,20H2,1H3/t16-/m1/s1. The molecule has 0 aliphatic carbocycles. The van der Waals surface area contributed by atoms with Gasteiger partial charge in [0, 0.05) is 44.5 Å². The highest BCUT2D eigenvalue weighted by Gasteiger charge is 2.17. The van der Waals surface area contributed by atoms with Gasteiger partial charge in [0.25, 0.3) is 0 Å². The van der Waals surface area contributed by atoms with Gasteiger partial charge < -0.3 is 10.6 Å². The first-order valence-electron chi connectivity index (χ1n) is 8.09. The molecule has 1 saturated heterocycles. The van der Waals surface area contributed by atoms with Crippen molar-refractivity contribution in [1.82, 2.24) is 4.90 Å². The monoisotopic (exact) mass is 295 g/mol. The second-order valence-electron chi connectivity index (χ2n) is 6.13. The Kier molecular flexibility index (Phi) is 4.76. The van der Waals surface area contributed by atoms with E-state index in [-0.39, 0.29) is 6.04 Å². The third-order valence-electron chi connectivity index (χ3n) is 4.41. The van der Waals surface area contributed by atoms with Crippen molar-refractivity contribution in [2.75, 3.05) is 31.1 Å². The fourth-order valence-corrected chi connectivity index (χ4v) is 2.99. The molecule has 22 heavy (non-hydrogen) atoms. The van der Waals surface area contributed by atoms with E-state index < -0.39 is 0 Å². The number of piperazine rings is 1. The molecule has 1 atom stereocenters. The Bertz CT molecular complexity index is 569. The van der Waals surface area contributed by atoms with Gasteiger partial charge in [-0.3, -0.25) is 4.90 Å². The molecule has 0 saturated carbocycles. The molecule has 3 rings (SSSR count). The molecule has 2 aromatic rings. The maximum absolute atomic E-state index is 5.91. The molecule has 0 bridgehead atoms. The third kappa shape index (κ3) is 3.67. The molecular formula is C19H25N3. The molecule has 3 nitrogen and oxygen atoms in total. The number of hydrogen-bond acceptors (Lipinski definition) is 3. The van der Waals surface area contributed by atoms with E-state index in [9.17, 15) is 0 Å². The van der Waals surface area contributed by atoms with E-state index in [2.05, 4.69) is 64.4 Å². The van der Waals surface area contributed by atoms with E-state index in [1.165, 1.54) is 16.8 Å². The molecule has 2 aromatic carbocycles. The normalized spacial score (nSPS) is 17.5. The van der Waals surface area contributed by atoms with Crippen molar-refractivity contribution in [3.05, 3.63) is 65.7 Å². The molecule has 3 heteroatoms. The number of nitrogens with zero attached hydrogens (tertiary/aromatic N) is 2. The van der Waals surface area contributed by atoms with Crippen LogP contribution < -0.4 is 10.6 Å². The van der Waals surface area contributed by atoms with Gasteiger partial charge in [-0.1, -0.05) is 42.5 Å². The summed E-state index contributed by atoms with van der Waals surface area (Å²) in [6, 6.07) is 19.5. The first kappa shape index (κ1) is 15.1. The predicted molar refractivity (Wildman–Crippen MR) is 93.0 cm³/mol. The van der Waals surface area contributed by atoms with Crippen molar-refractivity contribution in [2.45, 2.75) is 19.5 Å². The minimum Gasteiger partial charge on any atom is -0.369 e. The third-order valence-corrected chi connectivity index (χ3v) is 4.41. The van der Waals surface area contributed by atoms with Crippen LogP contribution in [0.1, 0.15) is 24.1 Å². The number of anilines is 1.